The van der Waals surface area contributed by atoms with Crippen LogP contribution in [0.3, 0.4) is 0 Å². The van der Waals surface area contributed by atoms with Crippen molar-refractivity contribution < 1.29 is 27.9 Å². The van der Waals surface area contributed by atoms with Gasteiger partial charge in [-0.2, -0.15) is 4.37 Å². The zero-order chi connectivity index (χ0) is 14.5. The van der Waals surface area contributed by atoms with E-state index in [4.69, 9.17) is 5.11 Å². The number of nitrogens with zero attached hydrogens (tertiary/aromatic N) is 1. The molecular formula is C9H12N2O6S2. The molecule has 1 rings (SSSR count). The number of carboxylic acid groups (broad SMARTS) is 1. The summed E-state index contributed by atoms with van der Waals surface area (Å²) < 4.78 is 34.0. The van der Waals surface area contributed by atoms with Gasteiger partial charge in [-0.05, 0) is 18.0 Å². The molecule has 0 saturated carbocycles. The molecule has 0 aliphatic carbocycles. The molecule has 0 spiro atoms. The van der Waals surface area contributed by atoms with Crippen LogP contribution in [0.25, 0.3) is 0 Å². The van der Waals surface area contributed by atoms with E-state index in [2.05, 4.69) is 13.8 Å². The predicted molar refractivity (Wildman–Crippen MR) is 65.5 cm³/mol. The average Bonchev–Trinajstić information content (AvgIpc) is 2.83. The first-order valence-corrected chi connectivity index (χ1v) is 7.44. The molecule has 0 atom stereocenters. The van der Waals surface area contributed by atoms with Gasteiger partial charge in [0.05, 0.1) is 7.11 Å². The lowest BCUT2D eigenvalue weighted by atomic mass is 10.3. The van der Waals surface area contributed by atoms with Gasteiger partial charge in [-0.25, -0.2) is 17.9 Å². The van der Waals surface area contributed by atoms with Gasteiger partial charge in [0.1, 0.15) is 4.90 Å². The second-order valence-electron chi connectivity index (χ2n) is 3.41. The number of aliphatic carboxylic acids is 1. The Morgan fingerprint density at radius 1 is 1.53 bits per heavy atom. The number of hydrogen-bond donors (Lipinski definition) is 2. The molecule has 0 amide bonds. The van der Waals surface area contributed by atoms with E-state index >= 15 is 0 Å². The summed E-state index contributed by atoms with van der Waals surface area (Å²) in [5.41, 5.74) is -0.279. The molecule has 0 unspecified atom stereocenters. The lowest BCUT2D eigenvalue weighted by molar-refractivity contribution is -0.137. The Bertz CT molecular complexity index is 565. The number of ether oxygens (including phenoxy) is 1. The van der Waals surface area contributed by atoms with E-state index in [1.54, 1.807) is 0 Å². The van der Waals surface area contributed by atoms with Crippen molar-refractivity contribution in [2.75, 3.05) is 13.7 Å². The number of aromatic nitrogens is 1. The molecule has 106 valence electrons. The highest BCUT2D eigenvalue weighted by molar-refractivity contribution is 7.89. The topological polar surface area (TPSA) is 123 Å². The number of methoxy groups -OCH3 is 1. The molecule has 0 saturated heterocycles. The Morgan fingerprint density at radius 2 is 2.21 bits per heavy atom. The van der Waals surface area contributed by atoms with Crippen LogP contribution < -0.4 is 4.72 Å². The SMILES string of the molecule is COC(=O)c1nscc1S(=O)(=O)NCCCC(=O)O. The zero-order valence-corrected chi connectivity index (χ0v) is 11.6. The summed E-state index contributed by atoms with van der Waals surface area (Å²) in [5, 5.41) is 9.64. The van der Waals surface area contributed by atoms with Crippen LogP contribution >= 0.6 is 11.5 Å². The van der Waals surface area contributed by atoms with Crippen LogP contribution in [-0.2, 0) is 19.6 Å². The normalized spacial score (nSPS) is 11.2. The Morgan fingerprint density at radius 3 is 2.79 bits per heavy atom. The number of sulfonamides is 1. The van der Waals surface area contributed by atoms with E-state index in [1.165, 1.54) is 5.38 Å². The molecule has 19 heavy (non-hydrogen) atoms. The number of carboxylic acids is 1. The number of rotatable bonds is 7. The van der Waals surface area contributed by atoms with E-state index in [9.17, 15) is 18.0 Å². The van der Waals surface area contributed by atoms with E-state index in [0.717, 1.165) is 18.6 Å². The van der Waals surface area contributed by atoms with Gasteiger partial charge in [0.25, 0.3) is 0 Å². The lowest BCUT2D eigenvalue weighted by Crippen LogP contribution is -2.26. The van der Waals surface area contributed by atoms with Gasteiger partial charge in [0, 0.05) is 18.3 Å². The number of esters is 1. The van der Waals surface area contributed by atoms with Crippen molar-refractivity contribution in [3.05, 3.63) is 11.1 Å². The van der Waals surface area contributed by atoms with Crippen LogP contribution in [0.1, 0.15) is 23.3 Å². The van der Waals surface area contributed by atoms with Crippen molar-refractivity contribution in [3.63, 3.8) is 0 Å². The molecule has 1 heterocycles. The average molecular weight is 308 g/mol. The smallest absolute Gasteiger partial charge is 0.359 e. The summed E-state index contributed by atoms with van der Waals surface area (Å²) in [6.45, 7) is -0.0366. The second kappa shape index (κ2) is 6.59. The molecule has 0 fully saturated rings. The first-order valence-electron chi connectivity index (χ1n) is 5.12. The number of carbonyl (C=O) groups is 2. The minimum Gasteiger partial charge on any atom is -0.481 e. The van der Waals surface area contributed by atoms with Crippen LogP contribution in [0.15, 0.2) is 10.3 Å². The van der Waals surface area contributed by atoms with Gasteiger partial charge in [0.15, 0.2) is 5.69 Å². The molecule has 0 aliphatic heterocycles. The van der Waals surface area contributed by atoms with Crippen LogP contribution in [-0.4, -0.2) is 43.5 Å². The molecule has 0 bridgehead atoms. The largest absolute Gasteiger partial charge is 0.481 e. The molecule has 1 aromatic rings. The second-order valence-corrected chi connectivity index (χ2v) is 5.78. The fourth-order valence-electron chi connectivity index (χ4n) is 1.18. The van der Waals surface area contributed by atoms with E-state index in [1.807, 2.05) is 0 Å². The Hall–Kier alpha value is -1.52. The summed E-state index contributed by atoms with van der Waals surface area (Å²) >= 11 is 0.817. The number of hydrogen-bond acceptors (Lipinski definition) is 7. The molecule has 0 aromatic carbocycles. The minimum atomic E-state index is -3.90. The van der Waals surface area contributed by atoms with Gasteiger partial charge in [-0.1, -0.05) is 0 Å². The van der Waals surface area contributed by atoms with Crippen LogP contribution in [0.2, 0.25) is 0 Å². The van der Waals surface area contributed by atoms with Gasteiger partial charge < -0.3 is 9.84 Å². The summed E-state index contributed by atoms with van der Waals surface area (Å²) in [4.78, 5) is 21.3. The van der Waals surface area contributed by atoms with Gasteiger partial charge >= 0.3 is 11.9 Å². The van der Waals surface area contributed by atoms with Crippen LogP contribution in [0.4, 0.5) is 0 Å². The molecule has 8 nitrogen and oxygen atoms in total. The highest BCUT2D eigenvalue weighted by Gasteiger charge is 2.25. The fraction of sp³-hybridized carbons (Fsp3) is 0.444. The first-order chi connectivity index (χ1) is 8.88. The van der Waals surface area contributed by atoms with Crippen molar-refractivity contribution in [2.45, 2.75) is 17.7 Å². The van der Waals surface area contributed by atoms with Crippen molar-refractivity contribution >= 4 is 33.5 Å². The quantitative estimate of drug-likeness (QED) is 0.540. The molecule has 0 radical (unpaired) electrons. The molecule has 10 heteroatoms. The Balaban J connectivity index is 2.75. The van der Waals surface area contributed by atoms with Crippen molar-refractivity contribution in [1.29, 1.82) is 0 Å². The molecule has 0 aliphatic rings. The summed E-state index contributed by atoms with van der Waals surface area (Å²) in [5.74, 6) is -1.85. The molecule has 2 N–H and O–H groups in total. The lowest BCUT2D eigenvalue weighted by Gasteiger charge is -2.05. The van der Waals surface area contributed by atoms with Crippen LogP contribution in [0, 0.1) is 0 Å². The maximum absolute atomic E-state index is 11.9. The zero-order valence-electron chi connectivity index (χ0n) is 9.95. The highest BCUT2D eigenvalue weighted by atomic mass is 32.2. The predicted octanol–water partition coefficient (Wildman–Crippen LogP) is 0.0728. The number of nitrogens with one attached hydrogen (secondary N) is 1. The third-order valence-electron chi connectivity index (χ3n) is 2.06. The highest BCUT2D eigenvalue weighted by Crippen LogP contribution is 2.17. The van der Waals surface area contributed by atoms with Gasteiger partial charge in [0.2, 0.25) is 10.0 Å². The third-order valence-corrected chi connectivity index (χ3v) is 4.32. The Kier molecular flexibility index (Phi) is 5.39. The Labute approximate surface area is 113 Å². The standard InChI is InChI=1S/C9H12N2O6S2/c1-17-9(14)8-6(5-18-11-8)19(15,16)10-4-2-3-7(12)13/h5,10H,2-4H2,1H3,(H,12,13). The minimum absolute atomic E-state index is 0.0366. The third kappa shape index (κ3) is 4.26. The van der Waals surface area contributed by atoms with Gasteiger partial charge in [-0.15, -0.1) is 0 Å². The van der Waals surface area contributed by atoms with Gasteiger partial charge in [-0.3, -0.25) is 4.79 Å². The maximum atomic E-state index is 11.9. The molecular weight excluding hydrogens is 296 g/mol. The first kappa shape index (κ1) is 15.5. The van der Waals surface area contributed by atoms with Crippen molar-refractivity contribution in [3.8, 4) is 0 Å². The monoisotopic (exact) mass is 308 g/mol. The van der Waals surface area contributed by atoms with E-state index in [-0.39, 0.29) is 30.0 Å². The maximum Gasteiger partial charge on any atom is 0.359 e. The summed E-state index contributed by atoms with van der Waals surface area (Å²) in [7, 11) is -2.77. The number of carbonyl (C=O) groups excluding carboxylic acids is 1. The van der Waals surface area contributed by atoms with Crippen molar-refractivity contribution in [2.24, 2.45) is 0 Å². The van der Waals surface area contributed by atoms with E-state index < -0.39 is 22.0 Å². The van der Waals surface area contributed by atoms with Crippen LogP contribution in [0.5, 0.6) is 0 Å². The molecule has 1 aromatic heterocycles. The van der Waals surface area contributed by atoms with E-state index in [0.29, 0.717) is 0 Å². The summed E-state index contributed by atoms with van der Waals surface area (Å²) in [6.07, 6.45) is 0.00789. The fourth-order valence-corrected chi connectivity index (χ4v) is 3.36. The van der Waals surface area contributed by atoms with Crippen molar-refractivity contribution in [1.82, 2.24) is 9.10 Å². The summed E-state index contributed by atoms with van der Waals surface area (Å²) in [6, 6.07) is 0.